The molecule has 0 bridgehead atoms. The normalized spacial score (nSPS) is 11.1. The highest BCUT2D eigenvalue weighted by Gasteiger charge is 2.07. The lowest BCUT2D eigenvalue weighted by Crippen LogP contribution is -2.26. The Morgan fingerprint density at radius 3 is 2.37 bits per heavy atom. The van der Waals surface area contributed by atoms with E-state index in [9.17, 15) is 5.11 Å². The number of hydrazone groups is 1. The van der Waals surface area contributed by atoms with Gasteiger partial charge in [0.1, 0.15) is 5.75 Å². The second-order valence-corrected chi connectivity index (χ2v) is 4.29. The van der Waals surface area contributed by atoms with E-state index in [4.69, 9.17) is 18.0 Å². The molecule has 0 radical (unpaired) electrons. The molecule has 0 aliphatic carbocycles. The molecule has 2 rings (SSSR count). The summed E-state index contributed by atoms with van der Waals surface area (Å²) in [4.78, 5) is 0. The van der Waals surface area contributed by atoms with Crippen molar-refractivity contribution < 1.29 is 5.11 Å². The Balaban J connectivity index is 2.46. The van der Waals surface area contributed by atoms with Crippen molar-refractivity contribution in [1.29, 1.82) is 0 Å². The SMILES string of the molecule is NC(=S)N/N=C(/c1ccccc1)c1cccc(O)c1. The van der Waals surface area contributed by atoms with Gasteiger partial charge in [-0.1, -0.05) is 42.5 Å². The number of hydrogen-bond donors (Lipinski definition) is 3. The van der Waals surface area contributed by atoms with E-state index < -0.39 is 0 Å². The summed E-state index contributed by atoms with van der Waals surface area (Å²) in [6.07, 6.45) is 0. The molecule has 0 atom stereocenters. The molecule has 0 unspecified atom stereocenters. The second kappa shape index (κ2) is 5.97. The molecule has 0 amide bonds. The van der Waals surface area contributed by atoms with Gasteiger partial charge in [-0.3, -0.25) is 5.43 Å². The minimum atomic E-state index is 0.0913. The van der Waals surface area contributed by atoms with Crippen LogP contribution in [0, 0.1) is 0 Å². The van der Waals surface area contributed by atoms with Gasteiger partial charge in [0, 0.05) is 11.1 Å². The van der Waals surface area contributed by atoms with Crippen LogP contribution in [-0.2, 0) is 0 Å². The molecule has 0 saturated carbocycles. The van der Waals surface area contributed by atoms with Gasteiger partial charge in [-0.05, 0) is 24.4 Å². The number of nitrogens with two attached hydrogens (primary N) is 1. The number of rotatable bonds is 3. The number of phenols is 1. The summed E-state index contributed by atoms with van der Waals surface area (Å²) >= 11 is 4.75. The molecule has 0 aromatic heterocycles. The van der Waals surface area contributed by atoms with E-state index in [1.54, 1.807) is 18.2 Å². The van der Waals surface area contributed by atoms with Crippen molar-refractivity contribution >= 4 is 23.0 Å². The molecular formula is C14H13N3OS. The van der Waals surface area contributed by atoms with Crippen molar-refractivity contribution in [3.05, 3.63) is 65.7 Å². The third-order valence-corrected chi connectivity index (χ3v) is 2.54. The first-order chi connectivity index (χ1) is 9.16. The summed E-state index contributed by atoms with van der Waals surface area (Å²) in [6, 6.07) is 16.4. The molecule has 0 aliphatic heterocycles. The molecule has 4 N–H and O–H groups in total. The van der Waals surface area contributed by atoms with Gasteiger partial charge in [-0.25, -0.2) is 0 Å². The molecule has 19 heavy (non-hydrogen) atoms. The van der Waals surface area contributed by atoms with Crippen LogP contribution in [0.5, 0.6) is 5.75 Å². The molecule has 5 heteroatoms. The van der Waals surface area contributed by atoms with Crippen molar-refractivity contribution in [3.63, 3.8) is 0 Å². The molecule has 0 heterocycles. The molecule has 2 aromatic carbocycles. The number of nitrogens with zero attached hydrogens (tertiary/aromatic N) is 1. The van der Waals surface area contributed by atoms with E-state index in [2.05, 4.69) is 10.5 Å². The number of phenolic OH excluding ortho intramolecular Hbond substituents is 1. The Morgan fingerprint density at radius 1 is 1.05 bits per heavy atom. The molecule has 4 nitrogen and oxygen atoms in total. The summed E-state index contributed by atoms with van der Waals surface area (Å²) < 4.78 is 0. The standard InChI is InChI=1S/C14H13N3OS/c15-14(19)17-16-13(10-5-2-1-3-6-10)11-7-4-8-12(18)9-11/h1-9,18H,(H3,15,17,19)/b16-13-. The van der Waals surface area contributed by atoms with Crippen LogP contribution in [0.4, 0.5) is 0 Å². The Morgan fingerprint density at radius 2 is 1.74 bits per heavy atom. The lowest BCUT2D eigenvalue weighted by molar-refractivity contribution is 0.475. The van der Waals surface area contributed by atoms with E-state index in [1.165, 1.54) is 0 Å². The summed E-state index contributed by atoms with van der Waals surface area (Å²) in [5.41, 5.74) is 10.3. The smallest absolute Gasteiger partial charge is 0.184 e. The van der Waals surface area contributed by atoms with Crippen LogP contribution in [0.1, 0.15) is 11.1 Å². The average Bonchev–Trinajstić information content (AvgIpc) is 2.40. The van der Waals surface area contributed by atoms with Gasteiger partial charge in [0.05, 0.1) is 5.71 Å². The van der Waals surface area contributed by atoms with Crippen LogP contribution in [-0.4, -0.2) is 15.9 Å². The van der Waals surface area contributed by atoms with Crippen molar-refractivity contribution in [1.82, 2.24) is 5.43 Å². The molecule has 2 aromatic rings. The summed E-state index contributed by atoms with van der Waals surface area (Å²) in [7, 11) is 0. The molecular weight excluding hydrogens is 258 g/mol. The Labute approximate surface area is 116 Å². The highest BCUT2D eigenvalue weighted by atomic mass is 32.1. The maximum atomic E-state index is 9.56. The van der Waals surface area contributed by atoms with Crippen LogP contribution in [0.15, 0.2) is 59.7 Å². The predicted molar refractivity (Wildman–Crippen MR) is 80.1 cm³/mol. The van der Waals surface area contributed by atoms with Gasteiger partial charge in [0.2, 0.25) is 0 Å². The number of aromatic hydroxyl groups is 1. The zero-order chi connectivity index (χ0) is 13.7. The van der Waals surface area contributed by atoms with Gasteiger partial charge in [-0.15, -0.1) is 0 Å². The molecule has 96 valence electrons. The minimum Gasteiger partial charge on any atom is -0.508 e. The monoisotopic (exact) mass is 271 g/mol. The maximum absolute atomic E-state index is 9.56. The largest absolute Gasteiger partial charge is 0.508 e. The van der Waals surface area contributed by atoms with E-state index in [1.807, 2.05) is 36.4 Å². The molecule has 0 aliphatic rings. The van der Waals surface area contributed by atoms with Crippen LogP contribution in [0.3, 0.4) is 0 Å². The molecule has 0 fully saturated rings. The van der Waals surface area contributed by atoms with Gasteiger partial charge < -0.3 is 10.8 Å². The first-order valence-corrected chi connectivity index (χ1v) is 6.05. The molecule has 0 saturated heterocycles. The average molecular weight is 271 g/mol. The predicted octanol–water partition coefficient (Wildman–Crippen LogP) is 1.98. The van der Waals surface area contributed by atoms with Crippen molar-refractivity contribution in [3.8, 4) is 5.75 Å². The highest BCUT2D eigenvalue weighted by molar-refractivity contribution is 7.80. The fraction of sp³-hybridized carbons (Fsp3) is 0. The third kappa shape index (κ3) is 3.53. The Bertz CT molecular complexity index is 611. The summed E-state index contributed by atoms with van der Waals surface area (Å²) in [6.45, 7) is 0. The van der Waals surface area contributed by atoms with E-state index in [0.717, 1.165) is 11.1 Å². The van der Waals surface area contributed by atoms with Gasteiger partial charge in [0.25, 0.3) is 0 Å². The van der Waals surface area contributed by atoms with Crippen molar-refractivity contribution in [2.24, 2.45) is 10.8 Å². The van der Waals surface area contributed by atoms with Crippen LogP contribution in [0.25, 0.3) is 0 Å². The van der Waals surface area contributed by atoms with E-state index in [-0.39, 0.29) is 10.9 Å². The Kier molecular flexibility index (Phi) is 4.10. The third-order valence-electron chi connectivity index (χ3n) is 2.44. The number of hydrogen-bond acceptors (Lipinski definition) is 3. The highest BCUT2D eigenvalue weighted by Crippen LogP contribution is 2.15. The zero-order valence-corrected chi connectivity index (χ0v) is 10.9. The van der Waals surface area contributed by atoms with Gasteiger partial charge in [-0.2, -0.15) is 5.10 Å². The minimum absolute atomic E-state index is 0.0913. The topological polar surface area (TPSA) is 70.6 Å². The molecule has 0 spiro atoms. The van der Waals surface area contributed by atoms with E-state index >= 15 is 0 Å². The Hall–Kier alpha value is -2.40. The summed E-state index contributed by atoms with van der Waals surface area (Å²) in [5.74, 6) is 0.177. The number of nitrogens with one attached hydrogen (secondary N) is 1. The van der Waals surface area contributed by atoms with Crippen LogP contribution < -0.4 is 11.2 Å². The fourth-order valence-electron chi connectivity index (χ4n) is 1.66. The first kappa shape index (κ1) is 13.0. The summed E-state index contributed by atoms with van der Waals surface area (Å²) in [5, 5.41) is 13.8. The van der Waals surface area contributed by atoms with Crippen molar-refractivity contribution in [2.45, 2.75) is 0 Å². The quantitative estimate of drug-likeness (QED) is 0.453. The van der Waals surface area contributed by atoms with Gasteiger partial charge >= 0.3 is 0 Å². The van der Waals surface area contributed by atoms with Crippen molar-refractivity contribution in [2.75, 3.05) is 0 Å². The number of thiocarbonyl (C=S) groups is 1. The maximum Gasteiger partial charge on any atom is 0.184 e. The lowest BCUT2D eigenvalue weighted by Gasteiger charge is -2.08. The van der Waals surface area contributed by atoms with E-state index in [0.29, 0.717) is 5.71 Å². The fourth-order valence-corrected chi connectivity index (χ4v) is 1.70. The lowest BCUT2D eigenvalue weighted by atomic mass is 10.0. The second-order valence-electron chi connectivity index (χ2n) is 3.85. The van der Waals surface area contributed by atoms with Gasteiger partial charge in [0.15, 0.2) is 5.11 Å². The first-order valence-electron chi connectivity index (χ1n) is 5.65. The van der Waals surface area contributed by atoms with Crippen LogP contribution in [0.2, 0.25) is 0 Å². The van der Waals surface area contributed by atoms with Crippen LogP contribution >= 0.6 is 12.2 Å². The zero-order valence-electron chi connectivity index (χ0n) is 10.1. The number of benzene rings is 2.